The van der Waals surface area contributed by atoms with E-state index in [4.69, 9.17) is 9.73 Å². The van der Waals surface area contributed by atoms with Gasteiger partial charge in [0.1, 0.15) is 12.3 Å². The molecule has 4 rings (SSSR count). The molecule has 3 aromatic rings. The second kappa shape index (κ2) is 5.09. The van der Waals surface area contributed by atoms with Gasteiger partial charge in [-0.15, -0.1) is 0 Å². The fourth-order valence-electron chi connectivity index (χ4n) is 2.74. The van der Waals surface area contributed by atoms with Crippen molar-refractivity contribution >= 4 is 16.8 Å². The number of rotatable bonds is 3. The highest BCUT2D eigenvalue weighted by Crippen LogP contribution is 2.19. The molecule has 1 atom stereocenters. The lowest BCUT2D eigenvalue weighted by Gasteiger charge is -2.03. The number of aromatic nitrogens is 1. The third-order valence-electron chi connectivity index (χ3n) is 3.79. The highest BCUT2D eigenvalue weighted by Gasteiger charge is 2.21. The minimum atomic E-state index is 0.203. The zero-order chi connectivity index (χ0) is 14.1. The first-order valence-electron chi connectivity index (χ1n) is 7.21. The maximum Gasteiger partial charge on any atom is 0.233 e. The summed E-state index contributed by atoms with van der Waals surface area (Å²) in [6, 6.07) is 20.9. The average Bonchev–Trinajstić information content (AvgIpc) is 3.14. The first kappa shape index (κ1) is 12.2. The number of hydrogen-bond acceptors (Lipinski definition) is 2. The second-order valence-electron chi connectivity index (χ2n) is 5.36. The molecule has 0 bridgehead atoms. The van der Waals surface area contributed by atoms with Gasteiger partial charge in [0.2, 0.25) is 5.90 Å². The van der Waals surface area contributed by atoms with Crippen LogP contribution in [0.1, 0.15) is 11.3 Å². The van der Waals surface area contributed by atoms with E-state index in [1.807, 2.05) is 18.2 Å². The van der Waals surface area contributed by atoms with Gasteiger partial charge in [0.05, 0.1) is 6.04 Å². The fraction of sp³-hybridized carbons (Fsp3) is 0.167. The molecule has 2 heterocycles. The number of aromatic amines is 1. The Labute approximate surface area is 123 Å². The van der Waals surface area contributed by atoms with Crippen LogP contribution >= 0.6 is 0 Å². The van der Waals surface area contributed by atoms with Gasteiger partial charge in [0, 0.05) is 10.9 Å². The van der Waals surface area contributed by atoms with Crippen molar-refractivity contribution in [3.63, 3.8) is 0 Å². The van der Waals surface area contributed by atoms with Crippen LogP contribution in [-0.2, 0) is 11.2 Å². The third kappa shape index (κ3) is 2.42. The van der Waals surface area contributed by atoms with Crippen LogP contribution < -0.4 is 0 Å². The number of nitrogens with one attached hydrogen (secondary N) is 1. The maximum atomic E-state index is 5.77. The molecule has 104 valence electrons. The van der Waals surface area contributed by atoms with Gasteiger partial charge in [-0.1, -0.05) is 48.5 Å². The van der Waals surface area contributed by atoms with Crippen molar-refractivity contribution in [3.8, 4) is 0 Å². The second-order valence-corrected chi connectivity index (χ2v) is 5.36. The highest BCUT2D eigenvalue weighted by atomic mass is 16.5. The van der Waals surface area contributed by atoms with E-state index >= 15 is 0 Å². The van der Waals surface area contributed by atoms with Gasteiger partial charge in [0.15, 0.2) is 0 Å². The molecule has 3 heteroatoms. The largest absolute Gasteiger partial charge is 0.474 e. The molecule has 0 saturated heterocycles. The Hall–Kier alpha value is -2.55. The fourth-order valence-corrected chi connectivity index (χ4v) is 2.74. The van der Waals surface area contributed by atoms with E-state index in [1.165, 1.54) is 10.9 Å². The Morgan fingerprint density at radius 3 is 2.71 bits per heavy atom. The molecule has 3 nitrogen and oxygen atoms in total. The summed E-state index contributed by atoms with van der Waals surface area (Å²) < 4.78 is 5.77. The Morgan fingerprint density at radius 2 is 1.86 bits per heavy atom. The van der Waals surface area contributed by atoms with E-state index in [9.17, 15) is 0 Å². The van der Waals surface area contributed by atoms with Crippen molar-refractivity contribution in [1.29, 1.82) is 0 Å². The summed E-state index contributed by atoms with van der Waals surface area (Å²) in [5, 5.41) is 1.19. The van der Waals surface area contributed by atoms with Crippen molar-refractivity contribution in [2.45, 2.75) is 12.5 Å². The Morgan fingerprint density at radius 1 is 1.05 bits per heavy atom. The molecule has 1 aliphatic heterocycles. The van der Waals surface area contributed by atoms with Gasteiger partial charge in [-0.3, -0.25) is 0 Å². The van der Waals surface area contributed by atoms with Gasteiger partial charge in [0.25, 0.3) is 0 Å². The van der Waals surface area contributed by atoms with Gasteiger partial charge in [-0.05, 0) is 24.1 Å². The summed E-state index contributed by atoms with van der Waals surface area (Å²) in [4.78, 5) is 8.08. The van der Waals surface area contributed by atoms with Gasteiger partial charge in [-0.25, -0.2) is 4.99 Å². The molecule has 0 aliphatic carbocycles. The number of H-pyrrole nitrogens is 1. The number of ether oxygens (including phenoxy) is 1. The van der Waals surface area contributed by atoms with E-state index in [2.05, 4.69) is 47.4 Å². The van der Waals surface area contributed by atoms with Crippen LogP contribution in [0, 0.1) is 0 Å². The summed E-state index contributed by atoms with van der Waals surface area (Å²) >= 11 is 0. The van der Waals surface area contributed by atoms with Gasteiger partial charge >= 0.3 is 0 Å². The smallest absolute Gasteiger partial charge is 0.233 e. The van der Waals surface area contributed by atoms with Gasteiger partial charge in [-0.2, -0.15) is 0 Å². The van der Waals surface area contributed by atoms with Crippen molar-refractivity contribution in [2.24, 2.45) is 4.99 Å². The predicted octanol–water partition coefficient (Wildman–Crippen LogP) is 3.56. The number of para-hydroxylation sites is 1. The summed E-state index contributed by atoms with van der Waals surface area (Å²) in [6.45, 7) is 0.652. The van der Waals surface area contributed by atoms with Crippen LogP contribution in [-0.4, -0.2) is 23.5 Å². The van der Waals surface area contributed by atoms with Crippen molar-refractivity contribution < 1.29 is 4.74 Å². The third-order valence-corrected chi connectivity index (χ3v) is 3.79. The van der Waals surface area contributed by atoms with Crippen molar-refractivity contribution in [2.75, 3.05) is 6.61 Å². The summed E-state index contributed by atoms with van der Waals surface area (Å²) in [5.74, 6) is 0.729. The Bertz CT molecular complexity index is 756. The average molecular weight is 276 g/mol. The predicted molar refractivity (Wildman–Crippen MR) is 84.7 cm³/mol. The lowest BCUT2D eigenvalue weighted by atomic mass is 10.1. The first-order valence-corrected chi connectivity index (χ1v) is 7.21. The van der Waals surface area contributed by atoms with Crippen LogP contribution in [0.4, 0.5) is 0 Å². The molecule has 0 unspecified atom stereocenters. The molecular formula is C18H16N2O. The Balaban J connectivity index is 1.57. The van der Waals surface area contributed by atoms with E-state index in [1.54, 1.807) is 0 Å². The number of benzene rings is 2. The number of hydrogen-bond donors (Lipinski definition) is 1. The van der Waals surface area contributed by atoms with Crippen molar-refractivity contribution in [3.05, 3.63) is 71.9 Å². The zero-order valence-corrected chi connectivity index (χ0v) is 11.6. The SMILES string of the molecule is c1ccc(C[C@H]2COC(c3cc4ccccc4[nH]3)=N2)cc1. The maximum absolute atomic E-state index is 5.77. The van der Waals surface area contributed by atoms with Crippen LogP contribution in [0.5, 0.6) is 0 Å². The molecule has 1 aromatic heterocycles. The molecule has 21 heavy (non-hydrogen) atoms. The summed E-state index contributed by atoms with van der Waals surface area (Å²) in [5.41, 5.74) is 3.38. The van der Waals surface area contributed by atoms with Crippen LogP contribution in [0.2, 0.25) is 0 Å². The summed E-state index contributed by atoms with van der Waals surface area (Å²) in [6.07, 6.45) is 0.921. The summed E-state index contributed by atoms with van der Waals surface area (Å²) in [7, 11) is 0. The molecule has 0 fully saturated rings. The number of nitrogens with zero attached hydrogens (tertiary/aromatic N) is 1. The minimum absolute atomic E-state index is 0.203. The lowest BCUT2D eigenvalue weighted by molar-refractivity contribution is 0.316. The highest BCUT2D eigenvalue weighted by molar-refractivity contribution is 5.98. The van der Waals surface area contributed by atoms with Gasteiger partial charge < -0.3 is 9.72 Å². The molecular weight excluding hydrogens is 260 g/mol. The molecule has 0 radical (unpaired) electrons. The van der Waals surface area contributed by atoms with Crippen LogP contribution in [0.25, 0.3) is 10.9 Å². The van der Waals surface area contributed by atoms with Crippen LogP contribution in [0.15, 0.2) is 65.7 Å². The minimum Gasteiger partial charge on any atom is -0.474 e. The van der Waals surface area contributed by atoms with E-state index < -0.39 is 0 Å². The first-order chi connectivity index (χ1) is 10.4. The monoisotopic (exact) mass is 276 g/mol. The quantitative estimate of drug-likeness (QED) is 0.780. The molecule has 0 spiro atoms. The topological polar surface area (TPSA) is 37.4 Å². The lowest BCUT2D eigenvalue weighted by Crippen LogP contribution is -2.09. The normalized spacial score (nSPS) is 17.7. The van der Waals surface area contributed by atoms with E-state index in [-0.39, 0.29) is 6.04 Å². The Kier molecular flexibility index (Phi) is 2.96. The molecule has 2 aromatic carbocycles. The molecule has 0 amide bonds. The zero-order valence-electron chi connectivity index (χ0n) is 11.6. The molecule has 1 N–H and O–H groups in total. The van der Waals surface area contributed by atoms with E-state index in [0.29, 0.717) is 6.61 Å². The number of fused-ring (bicyclic) bond motifs is 1. The molecule has 1 aliphatic rings. The van der Waals surface area contributed by atoms with E-state index in [0.717, 1.165) is 23.5 Å². The molecule has 0 saturated carbocycles. The number of aliphatic imine (C=N–C) groups is 1. The van der Waals surface area contributed by atoms with Crippen LogP contribution in [0.3, 0.4) is 0 Å². The van der Waals surface area contributed by atoms with Crippen molar-refractivity contribution in [1.82, 2.24) is 4.98 Å². The standard InChI is InChI=1S/C18H16N2O/c1-2-6-13(7-3-1)10-15-12-21-18(19-15)17-11-14-8-4-5-9-16(14)20-17/h1-9,11,15,20H,10,12H2/t15-/m0/s1.